The Bertz CT molecular complexity index is 1150. The van der Waals surface area contributed by atoms with Gasteiger partial charge in [0, 0.05) is 24.3 Å². The molecule has 0 aromatic heterocycles. The van der Waals surface area contributed by atoms with Gasteiger partial charge in [-0.3, -0.25) is 9.59 Å². The molecule has 3 rings (SSSR count). The summed E-state index contributed by atoms with van der Waals surface area (Å²) in [7, 11) is -3.65. The van der Waals surface area contributed by atoms with Gasteiger partial charge in [-0.25, -0.2) is 13.2 Å². The minimum atomic E-state index is -3.65. The van der Waals surface area contributed by atoms with E-state index in [4.69, 9.17) is 4.74 Å². The van der Waals surface area contributed by atoms with Crippen LogP contribution in [0.4, 0.5) is 5.69 Å². The molecule has 0 saturated carbocycles. The predicted molar refractivity (Wildman–Crippen MR) is 128 cm³/mol. The maximum absolute atomic E-state index is 13.0. The molecule has 0 spiro atoms. The number of anilines is 1. The van der Waals surface area contributed by atoms with Crippen LogP contribution in [0.5, 0.6) is 0 Å². The van der Waals surface area contributed by atoms with Crippen LogP contribution in [0, 0.1) is 11.8 Å². The first-order valence-electron chi connectivity index (χ1n) is 11.2. The van der Waals surface area contributed by atoms with Crippen LogP contribution in [-0.2, 0) is 19.6 Å². The van der Waals surface area contributed by atoms with Crippen molar-refractivity contribution in [1.82, 2.24) is 4.31 Å². The molecular weight excluding hydrogens is 456 g/mol. The third-order valence-corrected chi connectivity index (χ3v) is 7.62. The van der Waals surface area contributed by atoms with Gasteiger partial charge in [0.05, 0.1) is 10.5 Å². The first kappa shape index (κ1) is 25.6. The van der Waals surface area contributed by atoms with E-state index in [9.17, 15) is 22.8 Å². The van der Waals surface area contributed by atoms with Crippen molar-refractivity contribution in [1.29, 1.82) is 0 Å². The molecular formula is C25H30N2O6S. The third-order valence-electron chi connectivity index (χ3n) is 5.78. The van der Waals surface area contributed by atoms with E-state index in [1.165, 1.54) is 42.4 Å². The van der Waals surface area contributed by atoms with Crippen molar-refractivity contribution in [2.75, 3.05) is 18.4 Å². The van der Waals surface area contributed by atoms with E-state index < -0.39 is 28.0 Å². The van der Waals surface area contributed by atoms with Gasteiger partial charge in [0.2, 0.25) is 10.0 Å². The lowest BCUT2D eigenvalue weighted by molar-refractivity contribution is -0.123. The molecule has 3 atom stereocenters. The monoisotopic (exact) mass is 486 g/mol. The smallest absolute Gasteiger partial charge is 0.338 e. The van der Waals surface area contributed by atoms with Crippen LogP contribution in [0.2, 0.25) is 0 Å². The van der Waals surface area contributed by atoms with Crippen LogP contribution < -0.4 is 5.32 Å². The quantitative estimate of drug-likeness (QED) is 0.472. The molecule has 0 bridgehead atoms. The molecule has 2 aromatic carbocycles. The fourth-order valence-corrected chi connectivity index (χ4v) is 5.71. The summed E-state index contributed by atoms with van der Waals surface area (Å²) >= 11 is 0. The Balaban J connectivity index is 1.61. The zero-order valence-corrected chi connectivity index (χ0v) is 20.6. The molecule has 34 heavy (non-hydrogen) atoms. The number of sulfonamides is 1. The molecule has 0 unspecified atom stereocenters. The summed E-state index contributed by atoms with van der Waals surface area (Å²) in [5.74, 6) is -0.783. The second kappa shape index (κ2) is 10.5. The van der Waals surface area contributed by atoms with Gasteiger partial charge in [-0.05, 0) is 80.6 Å². The largest absolute Gasteiger partial charge is 0.449 e. The minimum Gasteiger partial charge on any atom is -0.449 e. The fraction of sp³-hybridized carbons (Fsp3) is 0.400. The summed E-state index contributed by atoms with van der Waals surface area (Å²) in [4.78, 5) is 36.3. The zero-order valence-electron chi connectivity index (χ0n) is 19.8. The lowest BCUT2D eigenvalue weighted by Gasteiger charge is -2.34. The Hall–Kier alpha value is -3.04. The molecule has 0 aliphatic carbocycles. The van der Waals surface area contributed by atoms with E-state index in [2.05, 4.69) is 5.32 Å². The summed E-state index contributed by atoms with van der Waals surface area (Å²) in [6.45, 7) is 7.91. The molecule has 8 nitrogen and oxygen atoms in total. The van der Waals surface area contributed by atoms with Crippen molar-refractivity contribution in [3.8, 4) is 0 Å². The van der Waals surface area contributed by atoms with Gasteiger partial charge in [-0.2, -0.15) is 4.31 Å². The van der Waals surface area contributed by atoms with E-state index in [0.717, 1.165) is 6.42 Å². The van der Waals surface area contributed by atoms with Gasteiger partial charge >= 0.3 is 5.97 Å². The van der Waals surface area contributed by atoms with Crippen LogP contribution >= 0.6 is 0 Å². The molecule has 0 radical (unpaired) electrons. The number of piperidine rings is 1. The van der Waals surface area contributed by atoms with Gasteiger partial charge in [-0.1, -0.05) is 13.8 Å². The molecule has 1 aliphatic rings. The Morgan fingerprint density at radius 3 is 2.00 bits per heavy atom. The number of carbonyl (C=O) groups excluding carboxylic acids is 3. The highest BCUT2D eigenvalue weighted by Crippen LogP contribution is 2.27. The number of carbonyl (C=O) groups is 3. The number of benzene rings is 2. The van der Waals surface area contributed by atoms with Crippen LogP contribution in [-0.4, -0.2) is 49.6 Å². The number of esters is 1. The van der Waals surface area contributed by atoms with E-state index in [-0.39, 0.29) is 28.1 Å². The predicted octanol–water partition coefficient (Wildman–Crippen LogP) is 3.74. The number of hydrogen-bond acceptors (Lipinski definition) is 6. The fourth-order valence-electron chi connectivity index (χ4n) is 4.03. The van der Waals surface area contributed by atoms with Gasteiger partial charge in [-0.15, -0.1) is 0 Å². The topological polar surface area (TPSA) is 110 Å². The molecule has 1 fully saturated rings. The van der Waals surface area contributed by atoms with Gasteiger partial charge in [0.1, 0.15) is 0 Å². The molecule has 1 N–H and O–H groups in total. The van der Waals surface area contributed by atoms with E-state index in [0.29, 0.717) is 24.3 Å². The highest BCUT2D eigenvalue weighted by Gasteiger charge is 2.31. The second-order valence-electron chi connectivity index (χ2n) is 8.96. The van der Waals surface area contributed by atoms with Crippen molar-refractivity contribution in [2.45, 2.75) is 45.1 Å². The van der Waals surface area contributed by atoms with Crippen molar-refractivity contribution >= 4 is 33.4 Å². The average Bonchev–Trinajstić information content (AvgIpc) is 2.78. The maximum atomic E-state index is 13.0. The van der Waals surface area contributed by atoms with Crippen molar-refractivity contribution < 1.29 is 27.5 Å². The minimum absolute atomic E-state index is 0.0842. The normalized spacial score (nSPS) is 19.8. The number of hydrogen-bond donors (Lipinski definition) is 1. The number of ketones is 1. The SMILES string of the molecule is CC(=O)c1ccc(NC(=O)[C@H](C)OC(=O)c2ccc(S(=O)(=O)N3C[C@H](C)C[C@@H](C)C3)cc2)cc1. The van der Waals surface area contributed by atoms with Gasteiger partial charge in [0.25, 0.3) is 5.91 Å². The van der Waals surface area contributed by atoms with Crippen molar-refractivity contribution in [2.24, 2.45) is 11.8 Å². The average molecular weight is 487 g/mol. The van der Waals surface area contributed by atoms with Gasteiger partial charge < -0.3 is 10.1 Å². The van der Waals surface area contributed by atoms with Crippen LogP contribution in [0.3, 0.4) is 0 Å². The number of Topliss-reactive ketones (excluding diaryl/α,β-unsaturated/α-hetero) is 1. The second-order valence-corrected chi connectivity index (χ2v) is 10.9. The molecule has 2 aromatic rings. The number of ether oxygens (including phenoxy) is 1. The zero-order chi connectivity index (χ0) is 25.0. The third kappa shape index (κ3) is 6.09. The van der Waals surface area contributed by atoms with Crippen molar-refractivity contribution in [3.05, 3.63) is 59.7 Å². The molecule has 1 amide bonds. The van der Waals surface area contributed by atoms with Crippen LogP contribution in [0.1, 0.15) is 54.8 Å². The molecule has 1 aliphatic heterocycles. The highest BCUT2D eigenvalue weighted by atomic mass is 32.2. The number of nitrogens with one attached hydrogen (secondary N) is 1. The number of amides is 1. The Labute approximate surface area is 200 Å². The standard InChI is InChI=1S/C25H30N2O6S/c1-16-13-17(2)15-27(14-16)34(31,32)23-11-7-21(8-12-23)25(30)33-19(4)24(29)26-22-9-5-20(6-10-22)18(3)28/h5-12,16-17,19H,13-15H2,1-4H3,(H,26,29)/t16-,17-,19+/m1/s1. The first-order chi connectivity index (χ1) is 16.0. The van der Waals surface area contributed by atoms with Crippen molar-refractivity contribution in [3.63, 3.8) is 0 Å². The maximum Gasteiger partial charge on any atom is 0.338 e. The summed E-state index contributed by atoms with van der Waals surface area (Å²) in [6, 6.07) is 11.9. The number of nitrogens with zero attached hydrogens (tertiary/aromatic N) is 1. The lowest BCUT2D eigenvalue weighted by Crippen LogP contribution is -2.42. The Kier molecular flexibility index (Phi) is 7.89. The number of rotatable bonds is 7. The first-order valence-corrected chi connectivity index (χ1v) is 12.6. The van der Waals surface area contributed by atoms with Gasteiger partial charge in [0.15, 0.2) is 11.9 Å². The summed E-state index contributed by atoms with van der Waals surface area (Å²) in [5, 5.41) is 2.62. The Morgan fingerprint density at radius 2 is 1.47 bits per heavy atom. The van der Waals surface area contributed by atoms with Crippen LogP contribution in [0.15, 0.2) is 53.4 Å². The lowest BCUT2D eigenvalue weighted by atomic mass is 9.94. The van der Waals surface area contributed by atoms with E-state index >= 15 is 0 Å². The molecule has 182 valence electrons. The van der Waals surface area contributed by atoms with Crippen LogP contribution in [0.25, 0.3) is 0 Å². The molecule has 1 saturated heterocycles. The van der Waals surface area contributed by atoms with E-state index in [1.54, 1.807) is 24.3 Å². The Morgan fingerprint density at radius 1 is 0.941 bits per heavy atom. The summed E-state index contributed by atoms with van der Waals surface area (Å²) in [5.41, 5.74) is 1.13. The molecule has 9 heteroatoms. The van der Waals surface area contributed by atoms with E-state index in [1.807, 2.05) is 13.8 Å². The summed E-state index contributed by atoms with van der Waals surface area (Å²) in [6.07, 6.45) is -0.0912. The molecule has 1 heterocycles. The highest BCUT2D eigenvalue weighted by molar-refractivity contribution is 7.89. The summed E-state index contributed by atoms with van der Waals surface area (Å²) < 4.78 is 32.7.